The lowest BCUT2D eigenvalue weighted by Gasteiger charge is -2.18. The van der Waals surface area contributed by atoms with E-state index in [-0.39, 0.29) is 12.6 Å². The summed E-state index contributed by atoms with van der Waals surface area (Å²) in [7, 11) is 0. The van der Waals surface area contributed by atoms with Crippen molar-refractivity contribution in [2.75, 3.05) is 25.1 Å². The van der Waals surface area contributed by atoms with Crippen LogP contribution in [0.5, 0.6) is 0 Å². The lowest BCUT2D eigenvalue weighted by molar-refractivity contribution is -0.120. The van der Waals surface area contributed by atoms with Crippen molar-refractivity contribution in [2.45, 2.75) is 19.4 Å². The SMILES string of the molecule is CCCNC1COCC1C(=O)Nc1c(F)cccc1F. The van der Waals surface area contributed by atoms with Gasteiger partial charge in [0.2, 0.25) is 5.91 Å². The minimum Gasteiger partial charge on any atom is -0.379 e. The maximum absolute atomic E-state index is 13.5. The molecule has 4 nitrogen and oxygen atoms in total. The molecule has 0 aromatic heterocycles. The predicted octanol–water partition coefficient (Wildman–Crippen LogP) is 1.92. The van der Waals surface area contributed by atoms with Crippen LogP contribution >= 0.6 is 0 Å². The fourth-order valence-electron chi connectivity index (χ4n) is 2.18. The molecule has 0 aliphatic carbocycles. The molecular formula is C14H18F2N2O2. The van der Waals surface area contributed by atoms with Crippen molar-refractivity contribution in [3.8, 4) is 0 Å². The highest BCUT2D eigenvalue weighted by molar-refractivity contribution is 5.93. The minimum atomic E-state index is -0.782. The summed E-state index contributed by atoms with van der Waals surface area (Å²) in [4.78, 5) is 12.1. The second-order valence-corrected chi connectivity index (χ2v) is 4.79. The summed E-state index contributed by atoms with van der Waals surface area (Å²) in [6.07, 6.45) is 0.937. The Morgan fingerprint density at radius 3 is 2.70 bits per heavy atom. The average molecular weight is 284 g/mol. The van der Waals surface area contributed by atoms with E-state index in [1.54, 1.807) is 0 Å². The number of benzene rings is 1. The number of halogens is 2. The molecule has 1 fully saturated rings. The molecule has 1 heterocycles. The second kappa shape index (κ2) is 6.76. The molecule has 2 N–H and O–H groups in total. The lowest BCUT2D eigenvalue weighted by Crippen LogP contribution is -2.42. The van der Waals surface area contributed by atoms with Crippen LogP contribution in [0, 0.1) is 17.6 Å². The number of rotatable bonds is 5. The van der Waals surface area contributed by atoms with Crippen molar-refractivity contribution in [3.05, 3.63) is 29.8 Å². The van der Waals surface area contributed by atoms with E-state index in [1.807, 2.05) is 6.92 Å². The first-order valence-corrected chi connectivity index (χ1v) is 6.69. The normalized spacial score (nSPS) is 21.9. The van der Waals surface area contributed by atoms with E-state index in [4.69, 9.17) is 4.74 Å². The molecule has 1 aliphatic heterocycles. The third-order valence-electron chi connectivity index (χ3n) is 3.28. The van der Waals surface area contributed by atoms with E-state index in [0.717, 1.165) is 25.1 Å². The summed E-state index contributed by atoms with van der Waals surface area (Å²) in [6.45, 7) is 3.47. The van der Waals surface area contributed by atoms with Crippen LogP contribution in [0.1, 0.15) is 13.3 Å². The molecule has 1 aliphatic rings. The van der Waals surface area contributed by atoms with Crippen molar-refractivity contribution in [3.63, 3.8) is 0 Å². The van der Waals surface area contributed by atoms with Gasteiger partial charge in [-0.15, -0.1) is 0 Å². The molecule has 0 saturated carbocycles. The highest BCUT2D eigenvalue weighted by Gasteiger charge is 2.34. The third-order valence-corrected chi connectivity index (χ3v) is 3.28. The van der Waals surface area contributed by atoms with Gasteiger partial charge < -0.3 is 15.4 Å². The monoisotopic (exact) mass is 284 g/mol. The largest absolute Gasteiger partial charge is 0.379 e. The number of hydrogen-bond acceptors (Lipinski definition) is 3. The van der Waals surface area contributed by atoms with E-state index >= 15 is 0 Å². The van der Waals surface area contributed by atoms with Crippen LogP contribution in [0.2, 0.25) is 0 Å². The standard InChI is InChI=1S/C14H18F2N2O2/c1-2-6-17-12-8-20-7-9(12)14(19)18-13-10(15)4-3-5-11(13)16/h3-5,9,12,17H,2,6-8H2,1H3,(H,18,19). The van der Waals surface area contributed by atoms with E-state index in [9.17, 15) is 13.6 Å². The third kappa shape index (κ3) is 3.32. The number of carbonyl (C=O) groups excluding carboxylic acids is 1. The van der Waals surface area contributed by atoms with Gasteiger partial charge >= 0.3 is 0 Å². The number of carbonyl (C=O) groups is 1. The molecule has 0 bridgehead atoms. The number of nitrogens with one attached hydrogen (secondary N) is 2. The summed E-state index contributed by atoms with van der Waals surface area (Å²) >= 11 is 0. The predicted molar refractivity (Wildman–Crippen MR) is 71.4 cm³/mol. The molecule has 0 spiro atoms. The van der Waals surface area contributed by atoms with Crippen LogP contribution in [-0.4, -0.2) is 31.7 Å². The Bertz CT molecular complexity index is 462. The quantitative estimate of drug-likeness (QED) is 0.868. The molecule has 0 radical (unpaired) electrons. The van der Waals surface area contributed by atoms with Gasteiger partial charge in [-0.1, -0.05) is 13.0 Å². The molecule has 2 rings (SSSR count). The Hall–Kier alpha value is -1.53. The molecule has 2 atom stereocenters. The van der Waals surface area contributed by atoms with Gasteiger partial charge in [-0.05, 0) is 25.1 Å². The number of para-hydroxylation sites is 1. The average Bonchev–Trinajstić information content (AvgIpc) is 2.89. The highest BCUT2D eigenvalue weighted by Crippen LogP contribution is 2.21. The number of ether oxygens (including phenoxy) is 1. The molecule has 1 aromatic rings. The van der Waals surface area contributed by atoms with Crippen LogP contribution in [-0.2, 0) is 9.53 Å². The summed E-state index contributed by atoms with van der Waals surface area (Å²) in [5, 5.41) is 5.52. The van der Waals surface area contributed by atoms with E-state index in [0.29, 0.717) is 6.61 Å². The van der Waals surface area contributed by atoms with Gasteiger partial charge in [-0.2, -0.15) is 0 Å². The number of hydrogen-bond donors (Lipinski definition) is 2. The van der Waals surface area contributed by atoms with E-state index < -0.39 is 29.1 Å². The summed E-state index contributed by atoms with van der Waals surface area (Å²) in [5.74, 6) is -2.44. The lowest BCUT2D eigenvalue weighted by atomic mass is 10.0. The zero-order chi connectivity index (χ0) is 14.5. The molecule has 110 valence electrons. The topological polar surface area (TPSA) is 50.4 Å². The molecule has 2 unspecified atom stereocenters. The van der Waals surface area contributed by atoms with Crippen molar-refractivity contribution in [2.24, 2.45) is 5.92 Å². The Morgan fingerprint density at radius 1 is 1.35 bits per heavy atom. The Labute approximate surface area is 116 Å². The summed E-state index contributed by atoms with van der Waals surface area (Å²) < 4.78 is 32.3. The van der Waals surface area contributed by atoms with Crippen LogP contribution in [0.3, 0.4) is 0 Å². The van der Waals surface area contributed by atoms with Crippen LogP contribution in [0.25, 0.3) is 0 Å². The fourth-order valence-corrected chi connectivity index (χ4v) is 2.18. The van der Waals surface area contributed by atoms with Crippen molar-refractivity contribution in [1.82, 2.24) is 5.32 Å². The van der Waals surface area contributed by atoms with E-state index in [2.05, 4.69) is 10.6 Å². The minimum absolute atomic E-state index is 0.121. The van der Waals surface area contributed by atoms with Crippen LogP contribution < -0.4 is 10.6 Å². The van der Waals surface area contributed by atoms with Gasteiger partial charge in [0.15, 0.2) is 0 Å². The first-order chi connectivity index (χ1) is 9.63. The molecule has 6 heteroatoms. The van der Waals surface area contributed by atoms with Gasteiger partial charge in [0.1, 0.15) is 17.3 Å². The fraction of sp³-hybridized carbons (Fsp3) is 0.500. The first kappa shape index (κ1) is 14.9. The van der Waals surface area contributed by atoms with Gasteiger partial charge in [-0.25, -0.2) is 8.78 Å². The highest BCUT2D eigenvalue weighted by atomic mass is 19.1. The first-order valence-electron chi connectivity index (χ1n) is 6.69. The molecular weight excluding hydrogens is 266 g/mol. The molecule has 1 amide bonds. The zero-order valence-electron chi connectivity index (χ0n) is 11.3. The van der Waals surface area contributed by atoms with Gasteiger partial charge in [0, 0.05) is 6.04 Å². The molecule has 20 heavy (non-hydrogen) atoms. The summed E-state index contributed by atoms with van der Waals surface area (Å²) in [6, 6.07) is 3.35. The smallest absolute Gasteiger partial charge is 0.231 e. The Morgan fingerprint density at radius 2 is 2.05 bits per heavy atom. The van der Waals surface area contributed by atoms with Gasteiger partial charge in [0.25, 0.3) is 0 Å². The van der Waals surface area contributed by atoms with Crippen molar-refractivity contribution >= 4 is 11.6 Å². The van der Waals surface area contributed by atoms with Crippen LogP contribution in [0.4, 0.5) is 14.5 Å². The van der Waals surface area contributed by atoms with Crippen molar-refractivity contribution in [1.29, 1.82) is 0 Å². The van der Waals surface area contributed by atoms with E-state index in [1.165, 1.54) is 6.07 Å². The molecule has 1 aromatic carbocycles. The van der Waals surface area contributed by atoms with Crippen molar-refractivity contribution < 1.29 is 18.3 Å². The number of anilines is 1. The second-order valence-electron chi connectivity index (χ2n) is 4.79. The summed E-state index contributed by atoms with van der Waals surface area (Å²) in [5.41, 5.74) is -0.404. The van der Waals surface area contributed by atoms with Gasteiger partial charge in [-0.3, -0.25) is 4.79 Å². The zero-order valence-corrected chi connectivity index (χ0v) is 11.3. The van der Waals surface area contributed by atoms with Gasteiger partial charge in [0.05, 0.1) is 19.1 Å². The maximum atomic E-state index is 13.5. The molecule has 1 saturated heterocycles. The van der Waals surface area contributed by atoms with Crippen LogP contribution in [0.15, 0.2) is 18.2 Å². The maximum Gasteiger partial charge on any atom is 0.231 e. The number of amides is 1. The Balaban J connectivity index is 2.04. The Kier molecular flexibility index (Phi) is 5.03.